The average molecular weight is 243 g/mol. The number of aryl methyl sites for hydroxylation is 1. The molecule has 0 amide bonds. The maximum absolute atomic E-state index is 5.38. The molecule has 1 aliphatic rings. The molecule has 0 aliphatic carbocycles. The fourth-order valence-corrected chi connectivity index (χ4v) is 2.33. The van der Waals surface area contributed by atoms with Crippen LogP contribution in [0.25, 0.3) is 5.69 Å². The van der Waals surface area contributed by atoms with Gasteiger partial charge in [-0.1, -0.05) is 0 Å². The lowest BCUT2D eigenvalue weighted by molar-refractivity contribution is 0.122. The van der Waals surface area contributed by atoms with E-state index in [1.807, 2.05) is 16.9 Å². The molecular weight excluding hydrogens is 226 g/mol. The largest absolute Gasteiger partial charge is 0.378 e. The SMILES string of the molecule is Cc1cc(N2CCOCC2)ccc1-n1cccn1. The molecule has 0 radical (unpaired) electrons. The van der Waals surface area contributed by atoms with Crippen molar-refractivity contribution in [3.8, 4) is 5.69 Å². The normalized spacial score (nSPS) is 15.9. The number of rotatable bonds is 2. The Kier molecular flexibility index (Phi) is 3.02. The lowest BCUT2D eigenvalue weighted by Crippen LogP contribution is -2.36. The van der Waals surface area contributed by atoms with Crippen LogP contribution in [0.4, 0.5) is 5.69 Å². The van der Waals surface area contributed by atoms with Gasteiger partial charge in [0, 0.05) is 31.2 Å². The molecule has 2 heterocycles. The summed E-state index contributed by atoms with van der Waals surface area (Å²) in [5.74, 6) is 0. The number of benzene rings is 1. The molecule has 0 saturated carbocycles. The molecule has 0 N–H and O–H groups in total. The van der Waals surface area contributed by atoms with Crippen molar-refractivity contribution in [3.63, 3.8) is 0 Å². The Morgan fingerprint density at radius 2 is 2.06 bits per heavy atom. The Labute approximate surface area is 107 Å². The van der Waals surface area contributed by atoms with Gasteiger partial charge in [-0.2, -0.15) is 5.10 Å². The van der Waals surface area contributed by atoms with Gasteiger partial charge in [0.2, 0.25) is 0 Å². The highest BCUT2D eigenvalue weighted by Crippen LogP contribution is 2.22. The molecule has 0 unspecified atom stereocenters. The van der Waals surface area contributed by atoms with Gasteiger partial charge >= 0.3 is 0 Å². The number of aromatic nitrogens is 2. The summed E-state index contributed by atoms with van der Waals surface area (Å²) in [7, 11) is 0. The minimum Gasteiger partial charge on any atom is -0.378 e. The second-order valence-corrected chi connectivity index (χ2v) is 4.52. The van der Waals surface area contributed by atoms with Gasteiger partial charge in [0.1, 0.15) is 0 Å². The quantitative estimate of drug-likeness (QED) is 0.808. The third-order valence-electron chi connectivity index (χ3n) is 3.31. The van der Waals surface area contributed by atoms with Crippen LogP contribution in [0.5, 0.6) is 0 Å². The van der Waals surface area contributed by atoms with Crippen molar-refractivity contribution in [3.05, 3.63) is 42.2 Å². The van der Waals surface area contributed by atoms with E-state index in [2.05, 4.69) is 35.1 Å². The van der Waals surface area contributed by atoms with Crippen molar-refractivity contribution < 1.29 is 4.74 Å². The van der Waals surface area contributed by atoms with Crippen molar-refractivity contribution in [2.45, 2.75) is 6.92 Å². The van der Waals surface area contributed by atoms with Crippen LogP contribution in [0.3, 0.4) is 0 Å². The predicted octanol–water partition coefficient (Wildman–Crippen LogP) is 2.02. The fourth-order valence-electron chi connectivity index (χ4n) is 2.33. The third kappa shape index (κ3) is 2.11. The van der Waals surface area contributed by atoms with Gasteiger partial charge in [0.05, 0.1) is 18.9 Å². The highest BCUT2D eigenvalue weighted by Gasteiger charge is 2.12. The van der Waals surface area contributed by atoms with Crippen LogP contribution in [0, 0.1) is 6.92 Å². The first-order chi connectivity index (χ1) is 8.84. The van der Waals surface area contributed by atoms with E-state index in [1.165, 1.54) is 11.3 Å². The van der Waals surface area contributed by atoms with Crippen molar-refractivity contribution >= 4 is 5.69 Å². The molecule has 1 fully saturated rings. The molecule has 1 aliphatic heterocycles. The van der Waals surface area contributed by atoms with Gasteiger partial charge in [-0.25, -0.2) is 4.68 Å². The fraction of sp³-hybridized carbons (Fsp3) is 0.357. The number of ether oxygens (including phenoxy) is 1. The first-order valence-corrected chi connectivity index (χ1v) is 6.28. The van der Waals surface area contributed by atoms with Crippen LogP contribution in [0.15, 0.2) is 36.7 Å². The molecule has 3 rings (SSSR count). The number of morpholine rings is 1. The summed E-state index contributed by atoms with van der Waals surface area (Å²) >= 11 is 0. The molecule has 4 heteroatoms. The van der Waals surface area contributed by atoms with Crippen LogP contribution in [-0.4, -0.2) is 36.1 Å². The van der Waals surface area contributed by atoms with E-state index in [0.717, 1.165) is 32.0 Å². The average Bonchev–Trinajstić information content (AvgIpc) is 2.93. The molecule has 2 aromatic rings. The van der Waals surface area contributed by atoms with Gasteiger partial charge in [-0.3, -0.25) is 0 Å². The number of hydrogen-bond donors (Lipinski definition) is 0. The second-order valence-electron chi connectivity index (χ2n) is 4.52. The number of nitrogens with zero attached hydrogens (tertiary/aromatic N) is 3. The van der Waals surface area contributed by atoms with E-state index >= 15 is 0 Å². The standard InChI is InChI=1S/C14H17N3O/c1-12-11-13(16-7-9-18-10-8-16)3-4-14(12)17-6-2-5-15-17/h2-6,11H,7-10H2,1H3. The molecule has 0 bridgehead atoms. The van der Waals surface area contributed by atoms with Gasteiger partial charge in [0.25, 0.3) is 0 Å². The molecule has 1 aromatic carbocycles. The molecular formula is C14H17N3O. The monoisotopic (exact) mass is 243 g/mol. The molecule has 1 aromatic heterocycles. The third-order valence-corrected chi connectivity index (χ3v) is 3.31. The zero-order chi connectivity index (χ0) is 12.4. The van der Waals surface area contributed by atoms with Gasteiger partial charge in [0.15, 0.2) is 0 Å². The Hall–Kier alpha value is -1.81. The van der Waals surface area contributed by atoms with Crippen LogP contribution in [0.2, 0.25) is 0 Å². The lowest BCUT2D eigenvalue weighted by atomic mass is 10.1. The topological polar surface area (TPSA) is 30.3 Å². The Balaban J connectivity index is 1.89. The van der Waals surface area contributed by atoms with Crippen molar-refractivity contribution in [1.29, 1.82) is 0 Å². The van der Waals surface area contributed by atoms with E-state index < -0.39 is 0 Å². The summed E-state index contributed by atoms with van der Waals surface area (Å²) in [5.41, 5.74) is 3.64. The van der Waals surface area contributed by atoms with Crippen LogP contribution in [-0.2, 0) is 4.74 Å². The number of anilines is 1. The molecule has 4 nitrogen and oxygen atoms in total. The maximum Gasteiger partial charge on any atom is 0.0676 e. The summed E-state index contributed by atoms with van der Waals surface area (Å²) in [6, 6.07) is 8.46. The zero-order valence-electron chi connectivity index (χ0n) is 10.5. The van der Waals surface area contributed by atoms with E-state index in [4.69, 9.17) is 4.74 Å². The predicted molar refractivity (Wildman–Crippen MR) is 71.3 cm³/mol. The van der Waals surface area contributed by atoms with Crippen LogP contribution < -0.4 is 4.90 Å². The molecule has 0 spiro atoms. The summed E-state index contributed by atoms with van der Waals surface area (Å²) in [6.07, 6.45) is 3.77. The first-order valence-electron chi connectivity index (χ1n) is 6.28. The Morgan fingerprint density at radius 3 is 2.72 bits per heavy atom. The van der Waals surface area contributed by atoms with Gasteiger partial charge < -0.3 is 9.64 Å². The highest BCUT2D eigenvalue weighted by molar-refractivity contribution is 5.55. The van der Waals surface area contributed by atoms with E-state index in [0.29, 0.717) is 0 Å². The Bertz CT molecular complexity index is 516. The van der Waals surface area contributed by atoms with Crippen LogP contribution >= 0.6 is 0 Å². The molecule has 18 heavy (non-hydrogen) atoms. The minimum absolute atomic E-state index is 0.819. The van der Waals surface area contributed by atoms with E-state index in [9.17, 15) is 0 Å². The minimum atomic E-state index is 0.819. The highest BCUT2D eigenvalue weighted by atomic mass is 16.5. The summed E-state index contributed by atoms with van der Waals surface area (Å²) in [6.45, 7) is 5.71. The summed E-state index contributed by atoms with van der Waals surface area (Å²) < 4.78 is 7.28. The summed E-state index contributed by atoms with van der Waals surface area (Å²) in [4.78, 5) is 2.36. The molecule has 0 atom stereocenters. The van der Waals surface area contributed by atoms with Crippen molar-refractivity contribution in [1.82, 2.24) is 9.78 Å². The molecule has 1 saturated heterocycles. The first kappa shape index (κ1) is 11.3. The maximum atomic E-state index is 5.38. The van der Waals surface area contributed by atoms with Crippen molar-refractivity contribution in [2.24, 2.45) is 0 Å². The zero-order valence-corrected chi connectivity index (χ0v) is 10.5. The summed E-state index contributed by atoms with van der Waals surface area (Å²) in [5, 5.41) is 4.27. The second kappa shape index (κ2) is 4.82. The Morgan fingerprint density at radius 1 is 1.22 bits per heavy atom. The molecule has 94 valence electrons. The van der Waals surface area contributed by atoms with Gasteiger partial charge in [-0.15, -0.1) is 0 Å². The van der Waals surface area contributed by atoms with E-state index in [-0.39, 0.29) is 0 Å². The van der Waals surface area contributed by atoms with Gasteiger partial charge in [-0.05, 0) is 36.8 Å². The van der Waals surface area contributed by atoms with Crippen molar-refractivity contribution in [2.75, 3.05) is 31.2 Å². The van der Waals surface area contributed by atoms with Crippen LogP contribution in [0.1, 0.15) is 5.56 Å². The lowest BCUT2D eigenvalue weighted by Gasteiger charge is -2.29. The smallest absolute Gasteiger partial charge is 0.0676 e. The van der Waals surface area contributed by atoms with E-state index in [1.54, 1.807) is 6.20 Å². The number of hydrogen-bond acceptors (Lipinski definition) is 3.